The van der Waals surface area contributed by atoms with Crippen molar-refractivity contribution in [3.8, 4) is 0 Å². The molecule has 0 bridgehead atoms. The zero-order valence-corrected chi connectivity index (χ0v) is 7.03. The molecule has 0 N–H and O–H groups in total. The highest BCUT2D eigenvalue weighted by Crippen LogP contribution is 2.12. The maximum Gasteiger partial charge on any atom is 0.230 e. The molecule has 0 amide bonds. The third-order valence-corrected chi connectivity index (χ3v) is 1.39. The maximum absolute atomic E-state index is 9.85. The molecule has 0 aromatic rings. The van der Waals surface area contributed by atoms with E-state index < -0.39 is 4.92 Å². The topological polar surface area (TPSA) is 52.4 Å². The predicted molar refractivity (Wildman–Crippen MR) is 41.8 cm³/mol. The van der Waals surface area contributed by atoms with Crippen LogP contribution in [0.1, 0.15) is 20.3 Å². The molecule has 0 aliphatic heterocycles. The van der Waals surface area contributed by atoms with Gasteiger partial charge in [-0.15, -0.1) is 0 Å². The van der Waals surface area contributed by atoms with Crippen molar-refractivity contribution < 1.29 is 9.66 Å². The molecule has 4 nitrogen and oxygen atoms in total. The van der Waals surface area contributed by atoms with E-state index in [4.69, 9.17) is 4.74 Å². The van der Waals surface area contributed by atoms with Gasteiger partial charge < -0.3 is 4.74 Å². The van der Waals surface area contributed by atoms with Crippen molar-refractivity contribution in [2.75, 3.05) is 7.11 Å². The van der Waals surface area contributed by atoms with E-state index in [-0.39, 0.29) is 5.60 Å². The molecule has 0 atom stereocenters. The fourth-order valence-corrected chi connectivity index (χ4v) is 0.506. The lowest BCUT2D eigenvalue weighted by Crippen LogP contribution is -2.20. The molecule has 11 heavy (non-hydrogen) atoms. The summed E-state index contributed by atoms with van der Waals surface area (Å²) in [7, 11) is 1.58. The van der Waals surface area contributed by atoms with Crippen LogP contribution in [-0.2, 0) is 4.74 Å². The molecule has 0 saturated carbocycles. The van der Waals surface area contributed by atoms with Crippen LogP contribution >= 0.6 is 0 Å². The number of nitrogens with zero attached hydrogens (tertiary/aromatic N) is 1. The van der Waals surface area contributed by atoms with Crippen molar-refractivity contribution in [2.45, 2.75) is 25.9 Å². The molecule has 0 aromatic heterocycles. The second-order valence-electron chi connectivity index (χ2n) is 2.84. The first-order valence-electron chi connectivity index (χ1n) is 3.33. The largest absolute Gasteiger partial charge is 0.378 e. The standard InChI is InChI=1S/C7H13NO3/c1-7(2,11-3)5-4-6-8(9)10/h4,6H,5H2,1-3H3/b6-4+. The van der Waals surface area contributed by atoms with Crippen LogP contribution < -0.4 is 0 Å². The van der Waals surface area contributed by atoms with Gasteiger partial charge in [0.05, 0.1) is 10.5 Å². The highest BCUT2D eigenvalue weighted by molar-refractivity contribution is 4.82. The average Bonchev–Trinajstić information content (AvgIpc) is 1.87. The van der Waals surface area contributed by atoms with Crippen molar-refractivity contribution in [3.05, 3.63) is 22.4 Å². The first-order chi connectivity index (χ1) is 4.98. The van der Waals surface area contributed by atoms with Gasteiger partial charge in [-0.25, -0.2) is 0 Å². The molecule has 0 saturated heterocycles. The van der Waals surface area contributed by atoms with E-state index in [2.05, 4.69) is 0 Å². The number of methoxy groups -OCH3 is 1. The van der Waals surface area contributed by atoms with Gasteiger partial charge in [-0.05, 0) is 19.9 Å². The van der Waals surface area contributed by atoms with E-state index >= 15 is 0 Å². The van der Waals surface area contributed by atoms with Gasteiger partial charge in [0, 0.05) is 13.5 Å². The SMILES string of the molecule is COC(C)(C)C/C=C/[N+](=O)[O-]. The van der Waals surface area contributed by atoms with E-state index in [9.17, 15) is 10.1 Å². The van der Waals surface area contributed by atoms with Crippen molar-refractivity contribution >= 4 is 0 Å². The van der Waals surface area contributed by atoms with Crippen molar-refractivity contribution in [1.29, 1.82) is 0 Å². The van der Waals surface area contributed by atoms with Gasteiger partial charge in [-0.3, -0.25) is 10.1 Å². The molecule has 0 unspecified atom stereocenters. The average molecular weight is 159 g/mol. The molecule has 0 spiro atoms. The second kappa shape index (κ2) is 4.08. The predicted octanol–water partition coefficient (Wildman–Crippen LogP) is 1.59. The van der Waals surface area contributed by atoms with Crippen LogP contribution in [0.2, 0.25) is 0 Å². The Morgan fingerprint density at radius 2 is 2.18 bits per heavy atom. The lowest BCUT2D eigenvalue weighted by Gasteiger charge is -2.19. The van der Waals surface area contributed by atoms with Gasteiger partial charge in [0.15, 0.2) is 0 Å². The first-order valence-corrected chi connectivity index (χ1v) is 3.33. The molecule has 0 aliphatic rings. The van der Waals surface area contributed by atoms with Crippen LogP contribution in [-0.4, -0.2) is 17.6 Å². The summed E-state index contributed by atoms with van der Waals surface area (Å²) >= 11 is 0. The first kappa shape index (κ1) is 10.1. The monoisotopic (exact) mass is 159 g/mol. The number of hydrogen-bond acceptors (Lipinski definition) is 3. The summed E-state index contributed by atoms with van der Waals surface area (Å²) in [5.41, 5.74) is -0.313. The Kier molecular flexibility index (Phi) is 3.74. The van der Waals surface area contributed by atoms with Crippen LogP contribution in [0.4, 0.5) is 0 Å². The molecular weight excluding hydrogens is 146 g/mol. The summed E-state index contributed by atoms with van der Waals surface area (Å²) in [6, 6.07) is 0. The lowest BCUT2D eigenvalue weighted by molar-refractivity contribution is -0.402. The maximum atomic E-state index is 9.85. The minimum atomic E-state index is -0.480. The Morgan fingerprint density at radius 1 is 1.64 bits per heavy atom. The molecule has 0 fully saturated rings. The molecule has 0 aromatic carbocycles. The Hall–Kier alpha value is -0.900. The number of rotatable bonds is 4. The van der Waals surface area contributed by atoms with Crippen LogP contribution in [0.25, 0.3) is 0 Å². The minimum Gasteiger partial charge on any atom is -0.378 e. The normalized spacial score (nSPS) is 12.3. The fraction of sp³-hybridized carbons (Fsp3) is 0.714. The summed E-state index contributed by atoms with van der Waals surface area (Å²) in [6.07, 6.45) is 2.97. The van der Waals surface area contributed by atoms with Gasteiger partial charge >= 0.3 is 0 Å². The third kappa shape index (κ3) is 5.54. The Morgan fingerprint density at radius 3 is 2.55 bits per heavy atom. The molecule has 4 heteroatoms. The zero-order chi connectivity index (χ0) is 8.91. The summed E-state index contributed by atoms with van der Waals surface area (Å²) in [6.45, 7) is 3.74. The molecule has 0 radical (unpaired) electrons. The highest BCUT2D eigenvalue weighted by Gasteiger charge is 2.13. The van der Waals surface area contributed by atoms with Crippen molar-refractivity contribution in [2.24, 2.45) is 0 Å². The lowest BCUT2D eigenvalue weighted by atomic mass is 10.1. The Balaban J connectivity index is 3.78. The number of hydrogen-bond donors (Lipinski definition) is 0. The van der Waals surface area contributed by atoms with E-state index in [1.165, 1.54) is 6.08 Å². The zero-order valence-electron chi connectivity index (χ0n) is 7.03. The summed E-state index contributed by atoms with van der Waals surface area (Å²) in [5, 5.41) is 9.85. The van der Waals surface area contributed by atoms with Crippen molar-refractivity contribution in [1.82, 2.24) is 0 Å². The van der Waals surface area contributed by atoms with Crippen LogP contribution in [0.3, 0.4) is 0 Å². The number of ether oxygens (including phenoxy) is 1. The number of nitro groups is 1. The van der Waals surface area contributed by atoms with Gasteiger partial charge in [0.2, 0.25) is 6.20 Å². The smallest absolute Gasteiger partial charge is 0.230 e. The third-order valence-electron chi connectivity index (χ3n) is 1.39. The van der Waals surface area contributed by atoms with Gasteiger partial charge in [-0.1, -0.05) is 0 Å². The highest BCUT2D eigenvalue weighted by atomic mass is 16.6. The van der Waals surface area contributed by atoms with Gasteiger partial charge in [-0.2, -0.15) is 0 Å². The van der Waals surface area contributed by atoms with E-state index in [1.54, 1.807) is 7.11 Å². The van der Waals surface area contributed by atoms with Gasteiger partial charge in [0.25, 0.3) is 0 Å². The molecule has 0 heterocycles. The fourth-order valence-electron chi connectivity index (χ4n) is 0.506. The van der Waals surface area contributed by atoms with Crippen LogP contribution in [0, 0.1) is 10.1 Å². The Labute approximate surface area is 66.0 Å². The van der Waals surface area contributed by atoms with Crippen LogP contribution in [0.5, 0.6) is 0 Å². The van der Waals surface area contributed by atoms with Gasteiger partial charge in [0.1, 0.15) is 0 Å². The summed E-state index contributed by atoms with van der Waals surface area (Å²) in [4.78, 5) is 9.37. The molecule has 0 aliphatic carbocycles. The quantitative estimate of drug-likeness (QED) is 0.462. The molecule has 0 rings (SSSR count). The van der Waals surface area contributed by atoms with E-state index in [0.717, 1.165) is 6.20 Å². The molecular formula is C7H13NO3. The molecule has 64 valence electrons. The van der Waals surface area contributed by atoms with Crippen LogP contribution in [0.15, 0.2) is 12.3 Å². The summed E-state index contributed by atoms with van der Waals surface area (Å²) < 4.78 is 5.05. The van der Waals surface area contributed by atoms with Crippen molar-refractivity contribution in [3.63, 3.8) is 0 Å². The van der Waals surface area contributed by atoms with E-state index in [1.807, 2.05) is 13.8 Å². The summed E-state index contributed by atoms with van der Waals surface area (Å²) in [5.74, 6) is 0. The minimum absolute atomic E-state index is 0.313. The second-order valence-corrected chi connectivity index (χ2v) is 2.84. The van der Waals surface area contributed by atoms with E-state index in [0.29, 0.717) is 6.42 Å². The Bertz CT molecular complexity index is 163.